The number of hydrogen-bond acceptors (Lipinski definition) is 6. The summed E-state index contributed by atoms with van der Waals surface area (Å²) in [5.74, 6) is -1.84. The predicted octanol–water partition coefficient (Wildman–Crippen LogP) is 7.92. The average molecular weight is 665 g/mol. The first kappa shape index (κ1) is 49.5. The zero-order valence-electron chi connectivity index (χ0n) is 30.9. The van der Waals surface area contributed by atoms with Crippen molar-refractivity contribution in [2.45, 2.75) is 195 Å². The van der Waals surface area contributed by atoms with E-state index in [0.29, 0.717) is 13.1 Å². The quantitative estimate of drug-likeness (QED) is 0.0513. The molecule has 0 aromatic heterocycles. The number of hydrogen-bond donors (Lipinski definition) is 0. The summed E-state index contributed by atoms with van der Waals surface area (Å²) >= 11 is 0. The van der Waals surface area contributed by atoms with Gasteiger partial charge in [0.15, 0.2) is 0 Å². The van der Waals surface area contributed by atoms with Gasteiger partial charge in [-0.1, -0.05) is 156 Å². The SMILES string of the molecule is CCCCCCCCN(CCCCCCCC)CCC(=O)[O-].CCCCCCCCN(CCCCCCCC)CCC(=O)[O-].[Ca+2]. The van der Waals surface area contributed by atoms with Gasteiger partial charge in [0.05, 0.1) is 0 Å². The van der Waals surface area contributed by atoms with Gasteiger partial charge in [-0.05, 0) is 64.7 Å². The van der Waals surface area contributed by atoms with Gasteiger partial charge in [-0.25, -0.2) is 0 Å². The fourth-order valence-corrected chi connectivity index (χ4v) is 5.63. The molecule has 0 saturated heterocycles. The summed E-state index contributed by atoms with van der Waals surface area (Å²) in [5, 5.41) is 21.3. The van der Waals surface area contributed by atoms with E-state index in [2.05, 4.69) is 37.5 Å². The number of carboxylic acids is 2. The molecule has 264 valence electrons. The fraction of sp³-hybridized carbons (Fsp3) is 0.947. The van der Waals surface area contributed by atoms with Gasteiger partial charge in [0.2, 0.25) is 0 Å². The van der Waals surface area contributed by atoms with Crippen molar-refractivity contribution in [1.82, 2.24) is 9.80 Å². The van der Waals surface area contributed by atoms with Crippen molar-refractivity contribution < 1.29 is 19.8 Å². The Balaban J connectivity index is -0.000000767. The van der Waals surface area contributed by atoms with E-state index in [1.807, 2.05) is 0 Å². The molecular formula is C38H76CaN2O4. The van der Waals surface area contributed by atoms with E-state index in [4.69, 9.17) is 0 Å². The molecule has 0 rings (SSSR count). The molecule has 0 heterocycles. The van der Waals surface area contributed by atoms with Crippen LogP contribution >= 0.6 is 0 Å². The van der Waals surface area contributed by atoms with Crippen LogP contribution in [0.15, 0.2) is 0 Å². The first-order valence-electron chi connectivity index (χ1n) is 19.2. The molecule has 0 aromatic carbocycles. The van der Waals surface area contributed by atoms with Gasteiger partial charge in [0.1, 0.15) is 0 Å². The number of rotatable bonds is 34. The van der Waals surface area contributed by atoms with Crippen LogP contribution in [0, 0.1) is 0 Å². The zero-order chi connectivity index (χ0) is 32.9. The molecule has 0 aromatic rings. The van der Waals surface area contributed by atoms with Crippen molar-refractivity contribution in [1.29, 1.82) is 0 Å². The van der Waals surface area contributed by atoms with Crippen LogP contribution in [-0.4, -0.2) is 98.7 Å². The summed E-state index contributed by atoms with van der Waals surface area (Å²) in [5.41, 5.74) is 0. The van der Waals surface area contributed by atoms with E-state index in [1.165, 1.54) is 154 Å². The van der Waals surface area contributed by atoms with Crippen LogP contribution in [-0.2, 0) is 9.59 Å². The maximum atomic E-state index is 10.7. The Morgan fingerprint density at radius 1 is 0.356 bits per heavy atom. The van der Waals surface area contributed by atoms with Crippen molar-refractivity contribution in [3.63, 3.8) is 0 Å². The monoisotopic (exact) mass is 665 g/mol. The molecular weight excluding hydrogens is 589 g/mol. The summed E-state index contributed by atoms with van der Waals surface area (Å²) in [6.45, 7) is 14.5. The summed E-state index contributed by atoms with van der Waals surface area (Å²) in [6, 6.07) is 0. The number of carboxylic acid groups (broad SMARTS) is 2. The Kier molecular flexibility index (Phi) is 46.4. The summed E-state index contributed by atoms with van der Waals surface area (Å²) in [4.78, 5) is 26.0. The summed E-state index contributed by atoms with van der Waals surface area (Å²) < 4.78 is 0. The van der Waals surface area contributed by atoms with Crippen molar-refractivity contribution >= 4 is 49.7 Å². The molecule has 0 radical (unpaired) electrons. The van der Waals surface area contributed by atoms with E-state index < -0.39 is 11.9 Å². The predicted molar refractivity (Wildman–Crippen MR) is 191 cm³/mol. The fourth-order valence-electron chi connectivity index (χ4n) is 5.63. The molecule has 0 aliphatic carbocycles. The van der Waals surface area contributed by atoms with Crippen molar-refractivity contribution in [2.75, 3.05) is 39.3 Å². The summed E-state index contributed by atoms with van der Waals surface area (Å²) in [6.07, 6.45) is 31.4. The van der Waals surface area contributed by atoms with E-state index >= 15 is 0 Å². The van der Waals surface area contributed by atoms with Crippen LogP contribution in [0.3, 0.4) is 0 Å². The van der Waals surface area contributed by atoms with E-state index in [0.717, 1.165) is 26.2 Å². The first-order valence-corrected chi connectivity index (χ1v) is 19.2. The standard InChI is InChI=1S/2C19H39NO2.Ca/c2*1-3-5-7-9-11-13-16-20(18-15-19(21)22)17-14-12-10-8-6-4-2;/h2*3-18H2,1-2H3,(H,21,22);/q;;+2/p-2. The van der Waals surface area contributed by atoms with Crippen LogP contribution < -0.4 is 10.2 Å². The molecule has 0 unspecified atom stereocenters. The molecule has 0 N–H and O–H groups in total. The van der Waals surface area contributed by atoms with E-state index in [9.17, 15) is 19.8 Å². The Morgan fingerprint density at radius 3 is 0.756 bits per heavy atom. The molecule has 0 aliphatic rings. The van der Waals surface area contributed by atoms with Crippen LogP contribution in [0.5, 0.6) is 0 Å². The van der Waals surface area contributed by atoms with Crippen LogP contribution in [0.25, 0.3) is 0 Å². The molecule has 7 heteroatoms. The minimum absolute atomic E-state index is 0. The molecule has 0 aliphatic heterocycles. The van der Waals surface area contributed by atoms with Crippen molar-refractivity contribution in [2.24, 2.45) is 0 Å². The Morgan fingerprint density at radius 2 is 0.556 bits per heavy atom. The Bertz CT molecular complexity index is 512. The van der Waals surface area contributed by atoms with Gasteiger partial charge in [0.25, 0.3) is 0 Å². The minimum atomic E-state index is -0.920. The molecule has 0 fully saturated rings. The van der Waals surface area contributed by atoms with Gasteiger partial charge in [-0.15, -0.1) is 0 Å². The third-order valence-corrected chi connectivity index (χ3v) is 8.58. The maximum absolute atomic E-state index is 10.7. The van der Waals surface area contributed by atoms with E-state index in [1.54, 1.807) is 0 Å². The van der Waals surface area contributed by atoms with Crippen molar-refractivity contribution in [3.8, 4) is 0 Å². The molecule has 0 spiro atoms. The maximum Gasteiger partial charge on any atom is 2.00 e. The first-order chi connectivity index (χ1) is 21.4. The minimum Gasteiger partial charge on any atom is -0.550 e. The third-order valence-electron chi connectivity index (χ3n) is 8.58. The number of nitrogens with zero attached hydrogens (tertiary/aromatic N) is 2. The van der Waals surface area contributed by atoms with Crippen LogP contribution in [0.2, 0.25) is 0 Å². The van der Waals surface area contributed by atoms with Gasteiger partial charge >= 0.3 is 37.7 Å². The molecule has 0 amide bonds. The van der Waals surface area contributed by atoms with Gasteiger partial charge < -0.3 is 29.6 Å². The van der Waals surface area contributed by atoms with Gasteiger partial charge in [0, 0.05) is 25.0 Å². The number of unbranched alkanes of at least 4 members (excludes halogenated alkanes) is 20. The van der Waals surface area contributed by atoms with E-state index in [-0.39, 0.29) is 50.6 Å². The number of carbonyl (C=O) groups excluding carboxylic acids is 2. The normalized spacial score (nSPS) is 11.0. The molecule has 45 heavy (non-hydrogen) atoms. The third kappa shape index (κ3) is 44.1. The number of aliphatic carboxylic acids is 2. The van der Waals surface area contributed by atoms with Crippen LogP contribution in [0.1, 0.15) is 195 Å². The topological polar surface area (TPSA) is 86.7 Å². The second kappa shape index (κ2) is 42.1. The smallest absolute Gasteiger partial charge is 0.550 e. The Labute approximate surface area is 311 Å². The largest absolute Gasteiger partial charge is 2.00 e. The molecule has 0 atom stereocenters. The van der Waals surface area contributed by atoms with Gasteiger partial charge in [-0.2, -0.15) is 0 Å². The molecule has 0 saturated carbocycles. The second-order valence-electron chi connectivity index (χ2n) is 13.0. The Hall–Kier alpha value is 0.120. The van der Waals surface area contributed by atoms with Crippen LogP contribution in [0.4, 0.5) is 0 Å². The molecule has 6 nitrogen and oxygen atoms in total. The van der Waals surface area contributed by atoms with Crippen molar-refractivity contribution in [3.05, 3.63) is 0 Å². The molecule has 0 bridgehead atoms. The average Bonchev–Trinajstić information content (AvgIpc) is 3.00. The van der Waals surface area contributed by atoms with Gasteiger partial charge in [-0.3, -0.25) is 0 Å². The zero-order valence-corrected chi connectivity index (χ0v) is 33.1. The summed E-state index contributed by atoms with van der Waals surface area (Å²) in [7, 11) is 0. The number of carbonyl (C=O) groups is 2. The second-order valence-corrected chi connectivity index (χ2v) is 13.0.